The molecule has 1 N–H and O–H groups in total. The summed E-state index contributed by atoms with van der Waals surface area (Å²) >= 11 is 1.54. The second-order valence-corrected chi connectivity index (χ2v) is 9.01. The van der Waals surface area contributed by atoms with Crippen LogP contribution in [0.5, 0.6) is 0 Å². The summed E-state index contributed by atoms with van der Waals surface area (Å²) in [4.78, 5) is 16.5. The van der Waals surface area contributed by atoms with Gasteiger partial charge in [0.05, 0.1) is 28.2 Å². The Kier molecular flexibility index (Phi) is 4.71. The molecule has 0 fully saturated rings. The van der Waals surface area contributed by atoms with E-state index < -0.39 is 10.0 Å². The number of hydrogen-bond acceptors (Lipinski definition) is 7. The monoisotopic (exact) mass is 399 g/mol. The molecule has 0 amide bonds. The van der Waals surface area contributed by atoms with Gasteiger partial charge in [0.1, 0.15) is 5.01 Å². The Hall–Kier alpha value is -2.65. The number of aryl methyl sites for hydroxylation is 1. The Bertz CT molecular complexity index is 1110. The van der Waals surface area contributed by atoms with Gasteiger partial charge >= 0.3 is 0 Å². The smallest absolute Gasteiger partial charge is 0.244 e. The minimum Gasteiger partial charge on any atom is -0.264 e. The Morgan fingerprint density at radius 1 is 1.19 bits per heavy atom. The molecule has 0 radical (unpaired) electrons. The number of pyridine rings is 2. The number of fused-ring (bicyclic) bond motifs is 1. The normalized spacial score (nSPS) is 15.5. The molecule has 7 nitrogen and oxygen atoms in total. The number of hydrazone groups is 1. The number of sulfonamides is 1. The lowest BCUT2D eigenvalue weighted by atomic mass is 9.94. The molecule has 0 bridgehead atoms. The number of nitrogens with zero attached hydrogens (tertiary/aromatic N) is 4. The zero-order valence-electron chi connectivity index (χ0n) is 14.6. The van der Waals surface area contributed by atoms with E-state index in [4.69, 9.17) is 4.98 Å². The largest absolute Gasteiger partial charge is 0.264 e. The molecule has 0 aromatic carbocycles. The van der Waals surface area contributed by atoms with Gasteiger partial charge in [-0.15, -0.1) is 11.3 Å². The molecular formula is C18H17N5O2S2. The molecule has 27 heavy (non-hydrogen) atoms. The molecular weight excluding hydrogens is 382 g/mol. The van der Waals surface area contributed by atoms with Crippen molar-refractivity contribution >= 4 is 27.1 Å². The van der Waals surface area contributed by atoms with Gasteiger partial charge in [-0.2, -0.15) is 5.10 Å². The van der Waals surface area contributed by atoms with E-state index >= 15 is 0 Å². The Balaban J connectivity index is 1.69. The molecule has 1 aliphatic carbocycles. The summed E-state index contributed by atoms with van der Waals surface area (Å²) in [5, 5.41) is 4.96. The standard InChI is InChI=1S/C18H17N5O2S2/c1-27(24,25)23-22-15-6-2-4-12-7-8-14(21-17(12)15)16-11-20-18(26-16)13-5-3-9-19-10-13/h3,5,7-11,23H,2,4,6H2,1H3/b22-15+. The van der Waals surface area contributed by atoms with Crippen LogP contribution in [-0.2, 0) is 16.4 Å². The predicted molar refractivity (Wildman–Crippen MR) is 106 cm³/mol. The van der Waals surface area contributed by atoms with Crippen molar-refractivity contribution in [2.45, 2.75) is 19.3 Å². The zero-order chi connectivity index (χ0) is 18.9. The summed E-state index contributed by atoms with van der Waals surface area (Å²) in [7, 11) is -3.39. The van der Waals surface area contributed by atoms with Gasteiger partial charge in [-0.05, 0) is 43.0 Å². The van der Waals surface area contributed by atoms with E-state index in [1.54, 1.807) is 29.9 Å². The number of hydrogen-bond donors (Lipinski definition) is 1. The first kappa shape index (κ1) is 17.7. The molecule has 0 saturated heterocycles. The van der Waals surface area contributed by atoms with Gasteiger partial charge < -0.3 is 0 Å². The third-order valence-corrected chi connectivity index (χ3v) is 5.62. The average molecular weight is 400 g/mol. The molecule has 0 aliphatic heterocycles. The fraction of sp³-hybridized carbons (Fsp3) is 0.222. The third kappa shape index (κ3) is 4.04. The molecule has 9 heteroatoms. The fourth-order valence-electron chi connectivity index (χ4n) is 2.90. The van der Waals surface area contributed by atoms with E-state index in [-0.39, 0.29) is 0 Å². The molecule has 0 atom stereocenters. The van der Waals surface area contributed by atoms with Gasteiger partial charge in [-0.1, -0.05) is 6.07 Å². The van der Waals surface area contributed by atoms with E-state index in [1.807, 2.05) is 24.3 Å². The fourth-order valence-corrected chi connectivity index (χ4v) is 4.06. The Morgan fingerprint density at radius 3 is 2.85 bits per heavy atom. The van der Waals surface area contributed by atoms with Gasteiger partial charge in [0.25, 0.3) is 0 Å². The van der Waals surface area contributed by atoms with E-state index in [1.165, 1.54) is 0 Å². The van der Waals surface area contributed by atoms with Crippen LogP contribution in [0.1, 0.15) is 24.1 Å². The molecule has 0 saturated carbocycles. The van der Waals surface area contributed by atoms with Crippen LogP contribution in [0.15, 0.2) is 48.0 Å². The third-order valence-electron chi connectivity index (χ3n) is 4.12. The highest BCUT2D eigenvalue weighted by molar-refractivity contribution is 7.88. The van der Waals surface area contributed by atoms with Gasteiger partial charge in [-0.25, -0.2) is 23.2 Å². The molecule has 4 rings (SSSR count). The van der Waals surface area contributed by atoms with Crippen molar-refractivity contribution in [3.63, 3.8) is 0 Å². The number of thiazole rings is 1. The minimum atomic E-state index is -3.39. The minimum absolute atomic E-state index is 0.667. The molecule has 0 spiro atoms. The Morgan fingerprint density at radius 2 is 2.07 bits per heavy atom. The highest BCUT2D eigenvalue weighted by Gasteiger charge is 2.19. The average Bonchev–Trinajstić information content (AvgIpc) is 3.16. The van der Waals surface area contributed by atoms with Gasteiger partial charge in [-0.3, -0.25) is 4.98 Å². The van der Waals surface area contributed by atoms with Crippen LogP contribution >= 0.6 is 11.3 Å². The van der Waals surface area contributed by atoms with Crippen molar-refractivity contribution in [3.8, 4) is 21.1 Å². The Labute approximate surface area is 161 Å². The highest BCUT2D eigenvalue weighted by atomic mass is 32.2. The van der Waals surface area contributed by atoms with Crippen LogP contribution in [-0.4, -0.2) is 35.3 Å². The van der Waals surface area contributed by atoms with Crippen LogP contribution in [0.25, 0.3) is 21.1 Å². The summed E-state index contributed by atoms with van der Waals surface area (Å²) in [5.41, 5.74) is 4.27. The summed E-state index contributed by atoms with van der Waals surface area (Å²) in [6.07, 6.45) is 8.92. The maximum absolute atomic E-state index is 11.4. The van der Waals surface area contributed by atoms with Gasteiger partial charge in [0.2, 0.25) is 10.0 Å². The topological polar surface area (TPSA) is 97.2 Å². The maximum Gasteiger partial charge on any atom is 0.244 e. The molecule has 0 unspecified atom stereocenters. The lowest BCUT2D eigenvalue weighted by molar-refractivity contribution is 0.590. The van der Waals surface area contributed by atoms with Crippen LogP contribution in [0, 0.1) is 0 Å². The van der Waals surface area contributed by atoms with Crippen LogP contribution in [0.2, 0.25) is 0 Å². The van der Waals surface area contributed by atoms with Crippen LogP contribution in [0.4, 0.5) is 0 Å². The molecule has 138 valence electrons. The number of aromatic nitrogens is 3. The van der Waals surface area contributed by atoms with Crippen LogP contribution < -0.4 is 4.83 Å². The van der Waals surface area contributed by atoms with E-state index in [0.29, 0.717) is 12.1 Å². The molecule has 3 aromatic rings. The van der Waals surface area contributed by atoms with Crippen molar-refractivity contribution in [2.75, 3.05) is 6.26 Å². The highest BCUT2D eigenvalue weighted by Crippen LogP contribution is 2.32. The second-order valence-electron chi connectivity index (χ2n) is 6.25. The summed E-state index contributed by atoms with van der Waals surface area (Å²) < 4.78 is 22.7. The first-order chi connectivity index (χ1) is 13.0. The molecule has 3 aromatic heterocycles. The van der Waals surface area contributed by atoms with Gasteiger partial charge in [0, 0.05) is 24.2 Å². The van der Waals surface area contributed by atoms with Crippen molar-refractivity contribution < 1.29 is 8.42 Å². The van der Waals surface area contributed by atoms with E-state index in [0.717, 1.165) is 51.5 Å². The maximum atomic E-state index is 11.4. The SMILES string of the molecule is CS(=O)(=O)N/N=C1\CCCc2ccc(-c3cnc(-c4cccnc4)s3)nc21. The first-order valence-corrected chi connectivity index (χ1v) is 11.1. The van der Waals surface area contributed by atoms with Crippen molar-refractivity contribution in [2.24, 2.45) is 5.10 Å². The molecule has 1 aliphatic rings. The summed E-state index contributed by atoms with van der Waals surface area (Å²) in [5.74, 6) is 0. The van der Waals surface area contributed by atoms with Crippen LogP contribution in [0.3, 0.4) is 0 Å². The van der Waals surface area contributed by atoms with Crippen molar-refractivity contribution in [1.29, 1.82) is 0 Å². The lowest BCUT2D eigenvalue weighted by Crippen LogP contribution is -2.22. The zero-order valence-corrected chi connectivity index (χ0v) is 16.2. The summed E-state index contributed by atoms with van der Waals surface area (Å²) in [6.45, 7) is 0. The van der Waals surface area contributed by atoms with Gasteiger partial charge in [0.15, 0.2) is 0 Å². The first-order valence-electron chi connectivity index (χ1n) is 8.40. The number of nitrogens with one attached hydrogen (secondary N) is 1. The lowest BCUT2D eigenvalue weighted by Gasteiger charge is -2.17. The van der Waals surface area contributed by atoms with Crippen molar-refractivity contribution in [1.82, 2.24) is 19.8 Å². The van der Waals surface area contributed by atoms with Crippen molar-refractivity contribution in [3.05, 3.63) is 54.1 Å². The number of rotatable bonds is 4. The summed E-state index contributed by atoms with van der Waals surface area (Å²) in [6, 6.07) is 7.87. The quantitative estimate of drug-likeness (QED) is 0.681. The second kappa shape index (κ2) is 7.16. The predicted octanol–water partition coefficient (Wildman–Crippen LogP) is 2.86. The van der Waals surface area contributed by atoms with E-state index in [9.17, 15) is 8.42 Å². The molecule has 3 heterocycles. The van der Waals surface area contributed by atoms with E-state index in [2.05, 4.69) is 19.9 Å².